The van der Waals surface area contributed by atoms with Gasteiger partial charge in [0.25, 0.3) is 0 Å². The van der Waals surface area contributed by atoms with Crippen LogP contribution in [0.3, 0.4) is 0 Å². The van der Waals surface area contributed by atoms with Gasteiger partial charge in [-0.3, -0.25) is 0 Å². The third kappa shape index (κ3) is 5.28. The van der Waals surface area contributed by atoms with Crippen LogP contribution in [0.5, 0.6) is 0 Å². The summed E-state index contributed by atoms with van der Waals surface area (Å²) in [4.78, 5) is 16.8. The Morgan fingerprint density at radius 3 is 0.767 bits per heavy atom. The zero-order chi connectivity index (χ0) is 42.5. The van der Waals surface area contributed by atoms with E-state index in [0.717, 1.165) is 34.2 Å². The zero-order valence-corrected chi connectivity index (χ0v) is 38.3. The Bertz CT molecular complexity index is 2780. The van der Waals surface area contributed by atoms with Crippen molar-refractivity contribution in [3.8, 4) is 67.5 Å². The maximum Gasteiger partial charge on any atom is 0.208 e. The molecule has 0 saturated carbocycles. The predicted molar refractivity (Wildman–Crippen MR) is 262 cm³/mol. The summed E-state index contributed by atoms with van der Waals surface area (Å²) in [6, 6.07) is 21.4. The molecule has 6 aromatic carbocycles. The summed E-state index contributed by atoms with van der Waals surface area (Å²) in [5, 5.41) is 0. The van der Waals surface area contributed by atoms with E-state index in [1.807, 2.05) is 0 Å². The molecular formula is C54H54B3N3. The van der Waals surface area contributed by atoms with Crippen LogP contribution in [-0.4, -0.2) is 35.1 Å². The van der Waals surface area contributed by atoms with Gasteiger partial charge in [-0.25, -0.2) is 15.0 Å². The van der Waals surface area contributed by atoms with Gasteiger partial charge in [0.15, 0.2) is 17.5 Å². The van der Waals surface area contributed by atoms with Crippen molar-refractivity contribution in [3.05, 3.63) is 121 Å². The third-order valence-corrected chi connectivity index (χ3v) is 14.8. The first kappa shape index (κ1) is 38.7. The fraction of sp³-hybridized carbons (Fsp3) is 0.278. The van der Waals surface area contributed by atoms with Crippen LogP contribution in [0.15, 0.2) is 54.6 Å². The van der Waals surface area contributed by atoms with Gasteiger partial charge in [-0.2, -0.15) is 0 Å². The van der Waals surface area contributed by atoms with E-state index in [1.165, 1.54) is 133 Å². The zero-order valence-electron chi connectivity index (χ0n) is 38.3. The molecule has 4 heterocycles. The molecule has 60 heavy (non-hydrogen) atoms. The number of hydrogen-bond acceptors (Lipinski definition) is 3. The van der Waals surface area contributed by atoms with Crippen molar-refractivity contribution in [2.45, 2.75) is 104 Å². The van der Waals surface area contributed by atoms with Gasteiger partial charge in [0.2, 0.25) is 20.1 Å². The average molecular weight is 777 g/mol. The summed E-state index contributed by atoms with van der Waals surface area (Å²) in [5.41, 5.74) is 35.5. The van der Waals surface area contributed by atoms with Crippen LogP contribution in [0.1, 0.15) is 66.8 Å². The van der Waals surface area contributed by atoms with Crippen molar-refractivity contribution in [2.24, 2.45) is 0 Å². The fourth-order valence-corrected chi connectivity index (χ4v) is 12.8. The molecule has 0 amide bonds. The summed E-state index contributed by atoms with van der Waals surface area (Å²) < 4.78 is 0. The summed E-state index contributed by atoms with van der Waals surface area (Å²) >= 11 is 0. The molecule has 0 spiro atoms. The molecule has 3 nitrogen and oxygen atoms in total. The Kier molecular flexibility index (Phi) is 8.56. The highest BCUT2D eigenvalue weighted by molar-refractivity contribution is 6.90. The number of hydrogen-bond donors (Lipinski definition) is 0. The molecule has 7 aromatic rings. The molecule has 0 unspecified atom stereocenters. The van der Waals surface area contributed by atoms with Gasteiger partial charge in [-0.1, -0.05) is 141 Å². The second kappa shape index (κ2) is 13.3. The van der Waals surface area contributed by atoms with E-state index in [0.29, 0.717) is 0 Å². The summed E-state index contributed by atoms with van der Waals surface area (Å²) in [5.74, 6) is 2.27. The number of benzene rings is 6. The van der Waals surface area contributed by atoms with Crippen LogP contribution in [0, 0.1) is 83.1 Å². The van der Waals surface area contributed by atoms with E-state index >= 15 is 0 Å². The van der Waals surface area contributed by atoms with Crippen molar-refractivity contribution in [3.63, 3.8) is 0 Å². The van der Waals surface area contributed by atoms with Crippen LogP contribution in [0.2, 0.25) is 20.5 Å². The Morgan fingerprint density at radius 1 is 0.283 bits per heavy atom. The van der Waals surface area contributed by atoms with E-state index in [9.17, 15) is 0 Å². The number of aromatic nitrogens is 3. The van der Waals surface area contributed by atoms with Gasteiger partial charge in [0.05, 0.1) is 0 Å². The molecule has 10 rings (SSSR count). The van der Waals surface area contributed by atoms with E-state index in [4.69, 9.17) is 15.0 Å². The SMILES string of the molecule is CB1c2c(C)cc(C)cc2-c2cc(C)c(-c3nc(-c4c(C)cc5c(c4C)B(C)c4c(C)cc(C)cc4-5)nc(-c4c(C)cc5c(c4C)B(C)c4c(C)cc(C)cc4-5)n3)c(C)c21. The van der Waals surface area contributed by atoms with Crippen molar-refractivity contribution in [1.29, 1.82) is 0 Å². The van der Waals surface area contributed by atoms with Gasteiger partial charge in [0.1, 0.15) is 0 Å². The van der Waals surface area contributed by atoms with Gasteiger partial charge in [-0.15, -0.1) is 0 Å². The van der Waals surface area contributed by atoms with E-state index in [2.05, 4.69) is 158 Å². The lowest BCUT2D eigenvalue weighted by atomic mass is 9.43. The molecule has 3 aliphatic rings. The molecule has 6 heteroatoms. The van der Waals surface area contributed by atoms with E-state index < -0.39 is 0 Å². The quantitative estimate of drug-likeness (QED) is 0.168. The smallest absolute Gasteiger partial charge is 0.208 e. The molecule has 0 saturated heterocycles. The van der Waals surface area contributed by atoms with Crippen molar-refractivity contribution in [2.75, 3.05) is 0 Å². The molecule has 3 aliphatic heterocycles. The molecule has 1 aromatic heterocycles. The van der Waals surface area contributed by atoms with E-state index in [-0.39, 0.29) is 20.1 Å². The molecule has 0 atom stereocenters. The highest BCUT2D eigenvalue weighted by atomic mass is 15.0. The van der Waals surface area contributed by atoms with Crippen LogP contribution in [-0.2, 0) is 0 Å². The van der Waals surface area contributed by atoms with Crippen molar-refractivity contribution >= 4 is 52.9 Å². The standard InChI is InChI=1S/C54H54B3N3/c1-25-16-31(7)46-37(19-25)40-22-28(4)43(34(10)49(40)55(46)13)52-58-53(44-29(5)23-41-38-20-26(2)17-32(8)47(38)56(14)50(41)35(44)11)60-54(59-52)45-30(6)24-42-39-21-27(3)18-33(9)48(39)57(15)51(42)36(45)12/h16-24H,1-15H3. The number of fused-ring (bicyclic) bond motifs is 9. The topological polar surface area (TPSA) is 38.7 Å². The van der Waals surface area contributed by atoms with Crippen LogP contribution < -0.4 is 32.8 Å². The second-order valence-corrected chi connectivity index (χ2v) is 19.1. The summed E-state index contributed by atoms with van der Waals surface area (Å²) in [7, 11) is 0. The largest absolute Gasteiger partial charge is 0.208 e. The molecular weight excluding hydrogens is 723 g/mol. The van der Waals surface area contributed by atoms with Gasteiger partial charge in [0, 0.05) is 16.7 Å². The first-order valence-corrected chi connectivity index (χ1v) is 22.0. The van der Waals surface area contributed by atoms with E-state index in [1.54, 1.807) is 0 Å². The van der Waals surface area contributed by atoms with Crippen LogP contribution in [0.25, 0.3) is 67.5 Å². The first-order chi connectivity index (χ1) is 28.5. The molecule has 0 bridgehead atoms. The summed E-state index contributed by atoms with van der Waals surface area (Å²) in [6.07, 6.45) is 0. The van der Waals surface area contributed by atoms with Crippen molar-refractivity contribution < 1.29 is 0 Å². The van der Waals surface area contributed by atoms with Gasteiger partial charge < -0.3 is 0 Å². The Balaban J connectivity index is 1.24. The van der Waals surface area contributed by atoms with Gasteiger partial charge in [-0.05, 0) is 150 Å². The number of nitrogens with zero attached hydrogens (tertiary/aromatic N) is 3. The second-order valence-electron chi connectivity index (χ2n) is 19.1. The monoisotopic (exact) mass is 777 g/mol. The maximum atomic E-state index is 5.58. The predicted octanol–water partition coefficient (Wildman–Crippen LogP) is 9.23. The Hall–Kier alpha value is -5.48. The Labute approximate surface area is 358 Å². The van der Waals surface area contributed by atoms with Crippen LogP contribution >= 0.6 is 0 Å². The minimum absolute atomic E-state index is 0.281. The number of rotatable bonds is 3. The first-order valence-electron chi connectivity index (χ1n) is 22.0. The number of aryl methyl sites for hydroxylation is 9. The van der Waals surface area contributed by atoms with Crippen molar-refractivity contribution in [1.82, 2.24) is 15.0 Å². The maximum absolute atomic E-state index is 5.58. The lowest BCUT2D eigenvalue weighted by Gasteiger charge is -2.21. The third-order valence-electron chi connectivity index (χ3n) is 14.8. The lowest BCUT2D eigenvalue weighted by molar-refractivity contribution is 1.06. The van der Waals surface area contributed by atoms with Crippen LogP contribution in [0.4, 0.5) is 0 Å². The molecule has 294 valence electrons. The normalized spacial score (nSPS) is 13.2. The molecule has 0 radical (unpaired) electrons. The molecule has 0 aliphatic carbocycles. The Morgan fingerprint density at radius 2 is 0.517 bits per heavy atom. The van der Waals surface area contributed by atoms with Gasteiger partial charge >= 0.3 is 0 Å². The summed E-state index contributed by atoms with van der Waals surface area (Å²) in [6.45, 7) is 35.1. The fourth-order valence-electron chi connectivity index (χ4n) is 12.8. The highest BCUT2D eigenvalue weighted by Crippen LogP contribution is 2.40. The minimum atomic E-state index is 0.281. The molecule has 0 fully saturated rings. The average Bonchev–Trinajstić information content (AvgIpc) is 3.71. The highest BCUT2D eigenvalue weighted by Gasteiger charge is 2.37. The lowest BCUT2D eigenvalue weighted by Crippen LogP contribution is -2.38. The molecule has 0 N–H and O–H groups in total. The minimum Gasteiger partial charge on any atom is -0.208 e.